The zero-order valence-corrected chi connectivity index (χ0v) is 15.1. The van der Waals surface area contributed by atoms with Crippen LogP contribution < -0.4 is 0 Å². The van der Waals surface area contributed by atoms with Gasteiger partial charge in [-0.05, 0) is 26.2 Å². The van der Waals surface area contributed by atoms with Crippen molar-refractivity contribution in [2.75, 3.05) is 32.7 Å². The van der Waals surface area contributed by atoms with E-state index in [-0.39, 0.29) is 17.9 Å². The molecule has 2 amide bonds. The van der Waals surface area contributed by atoms with Crippen molar-refractivity contribution in [2.24, 2.45) is 0 Å². The number of nitrogens with zero attached hydrogens (tertiary/aromatic N) is 5. The lowest BCUT2D eigenvalue weighted by molar-refractivity contribution is -0.142. The van der Waals surface area contributed by atoms with Gasteiger partial charge in [-0.3, -0.25) is 24.5 Å². The molecule has 3 heterocycles. The quantitative estimate of drug-likeness (QED) is 0.812. The molecule has 0 N–H and O–H groups in total. The first-order valence-corrected chi connectivity index (χ1v) is 9.10. The Hall–Kier alpha value is -2.02. The molecule has 2 aliphatic heterocycles. The van der Waals surface area contributed by atoms with Crippen molar-refractivity contribution in [1.82, 2.24) is 24.7 Å². The van der Waals surface area contributed by atoms with Crippen molar-refractivity contribution in [3.63, 3.8) is 0 Å². The van der Waals surface area contributed by atoms with Crippen LogP contribution in [-0.2, 0) is 16.1 Å². The summed E-state index contributed by atoms with van der Waals surface area (Å²) in [5, 5.41) is 0. The molecule has 0 aromatic carbocycles. The van der Waals surface area contributed by atoms with Gasteiger partial charge in [0.2, 0.25) is 11.8 Å². The minimum Gasteiger partial charge on any atom is -0.340 e. The first kappa shape index (κ1) is 17.8. The van der Waals surface area contributed by atoms with Crippen LogP contribution in [0.4, 0.5) is 0 Å². The molecule has 1 aromatic heterocycles. The number of hydrogen-bond acceptors (Lipinski definition) is 5. The Morgan fingerprint density at radius 1 is 1.08 bits per heavy atom. The molecular formula is C18H27N5O2. The van der Waals surface area contributed by atoms with Gasteiger partial charge < -0.3 is 9.80 Å². The largest absolute Gasteiger partial charge is 0.340 e. The van der Waals surface area contributed by atoms with Gasteiger partial charge in [0.25, 0.3) is 0 Å². The molecule has 1 unspecified atom stereocenters. The third kappa shape index (κ3) is 4.34. The van der Waals surface area contributed by atoms with Crippen molar-refractivity contribution >= 4 is 11.8 Å². The molecule has 2 aliphatic rings. The van der Waals surface area contributed by atoms with Crippen LogP contribution in [0.25, 0.3) is 0 Å². The van der Waals surface area contributed by atoms with Crippen LogP contribution in [0.1, 0.15) is 37.6 Å². The van der Waals surface area contributed by atoms with Gasteiger partial charge in [0, 0.05) is 58.6 Å². The third-order valence-electron chi connectivity index (χ3n) is 5.06. The van der Waals surface area contributed by atoms with E-state index in [9.17, 15) is 9.59 Å². The highest BCUT2D eigenvalue weighted by atomic mass is 16.2. The van der Waals surface area contributed by atoms with Gasteiger partial charge in [0.05, 0.1) is 11.4 Å². The Bertz CT molecular complexity index is 618. The molecule has 1 atom stereocenters. The van der Waals surface area contributed by atoms with Crippen molar-refractivity contribution in [1.29, 1.82) is 0 Å². The summed E-state index contributed by atoms with van der Waals surface area (Å²) in [7, 11) is 0. The molecule has 0 saturated carbocycles. The van der Waals surface area contributed by atoms with Crippen LogP contribution in [0.5, 0.6) is 0 Å². The van der Waals surface area contributed by atoms with Gasteiger partial charge in [-0.2, -0.15) is 0 Å². The van der Waals surface area contributed by atoms with Crippen molar-refractivity contribution in [2.45, 2.75) is 45.7 Å². The molecule has 136 valence electrons. The van der Waals surface area contributed by atoms with E-state index >= 15 is 0 Å². The van der Waals surface area contributed by atoms with Gasteiger partial charge >= 0.3 is 0 Å². The monoisotopic (exact) mass is 345 g/mol. The second-order valence-electron chi connectivity index (χ2n) is 6.97. The number of hydrogen-bond donors (Lipinski definition) is 0. The van der Waals surface area contributed by atoms with E-state index in [0.717, 1.165) is 56.8 Å². The molecule has 3 rings (SSSR count). The lowest BCUT2D eigenvalue weighted by atomic mass is 10.2. The predicted octanol–water partition coefficient (Wildman–Crippen LogP) is 0.830. The Morgan fingerprint density at radius 2 is 1.92 bits per heavy atom. The number of rotatable bonds is 3. The van der Waals surface area contributed by atoms with Crippen LogP contribution in [0.3, 0.4) is 0 Å². The molecule has 7 nitrogen and oxygen atoms in total. The Labute approximate surface area is 149 Å². The van der Waals surface area contributed by atoms with Gasteiger partial charge in [-0.15, -0.1) is 0 Å². The van der Waals surface area contributed by atoms with E-state index < -0.39 is 0 Å². The number of amides is 2. The summed E-state index contributed by atoms with van der Waals surface area (Å²) in [5.41, 5.74) is 1.88. The Morgan fingerprint density at radius 3 is 2.64 bits per heavy atom. The summed E-state index contributed by atoms with van der Waals surface area (Å²) in [6.07, 6.45) is 6.27. The summed E-state index contributed by atoms with van der Waals surface area (Å²) in [6.45, 7) is 8.19. The molecule has 25 heavy (non-hydrogen) atoms. The lowest BCUT2D eigenvalue weighted by Crippen LogP contribution is -2.48. The van der Waals surface area contributed by atoms with Gasteiger partial charge in [-0.1, -0.05) is 0 Å². The minimum absolute atomic E-state index is 0.00486. The minimum atomic E-state index is -0.257. The van der Waals surface area contributed by atoms with Crippen molar-refractivity contribution < 1.29 is 9.59 Å². The summed E-state index contributed by atoms with van der Waals surface area (Å²) >= 11 is 0. The number of likely N-dealkylation sites (tertiary alicyclic amines) is 1. The number of aryl methyl sites for hydroxylation is 1. The van der Waals surface area contributed by atoms with Crippen molar-refractivity contribution in [3.05, 3.63) is 23.8 Å². The molecule has 1 aromatic rings. The van der Waals surface area contributed by atoms with Crippen LogP contribution in [0.15, 0.2) is 12.4 Å². The Kier molecular flexibility index (Phi) is 5.63. The fraction of sp³-hybridized carbons (Fsp3) is 0.667. The second kappa shape index (κ2) is 7.91. The van der Waals surface area contributed by atoms with E-state index in [1.165, 1.54) is 0 Å². The van der Waals surface area contributed by atoms with E-state index in [1.807, 2.05) is 18.0 Å². The molecule has 0 spiro atoms. The summed E-state index contributed by atoms with van der Waals surface area (Å²) in [5.74, 6) is 0.120. The zero-order valence-electron chi connectivity index (χ0n) is 15.1. The zero-order chi connectivity index (χ0) is 17.8. The molecule has 7 heteroatoms. The number of carbonyl (C=O) groups is 2. The van der Waals surface area contributed by atoms with Crippen LogP contribution in [0.2, 0.25) is 0 Å². The number of carbonyl (C=O) groups excluding carboxylic acids is 2. The summed E-state index contributed by atoms with van der Waals surface area (Å²) in [6, 6.07) is -0.257. The van der Waals surface area contributed by atoms with Crippen molar-refractivity contribution in [3.8, 4) is 0 Å². The molecule has 0 aliphatic carbocycles. The third-order valence-corrected chi connectivity index (χ3v) is 5.06. The molecule has 2 saturated heterocycles. The fourth-order valence-electron chi connectivity index (χ4n) is 3.69. The first-order chi connectivity index (χ1) is 12.0. The van der Waals surface area contributed by atoms with Crippen LogP contribution in [0, 0.1) is 6.92 Å². The standard InChI is InChI=1S/C18H27N5O2/c1-14-11-20-16(12-19-14)13-21-6-4-7-22(10-9-21)18(25)17-5-3-8-23(17)15(2)24/h11-12,17H,3-10,13H2,1-2H3. The van der Waals surface area contributed by atoms with E-state index in [2.05, 4.69) is 14.9 Å². The fourth-order valence-corrected chi connectivity index (χ4v) is 3.69. The highest BCUT2D eigenvalue weighted by Crippen LogP contribution is 2.20. The molecule has 2 fully saturated rings. The second-order valence-corrected chi connectivity index (χ2v) is 6.97. The average molecular weight is 345 g/mol. The average Bonchev–Trinajstić information content (AvgIpc) is 2.98. The number of aromatic nitrogens is 2. The predicted molar refractivity (Wildman–Crippen MR) is 93.7 cm³/mol. The smallest absolute Gasteiger partial charge is 0.245 e. The van der Waals surface area contributed by atoms with E-state index in [4.69, 9.17) is 0 Å². The maximum Gasteiger partial charge on any atom is 0.245 e. The van der Waals surface area contributed by atoms with Crippen LogP contribution >= 0.6 is 0 Å². The molecule has 0 bridgehead atoms. The highest BCUT2D eigenvalue weighted by molar-refractivity contribution is 5.87. The van der Waals surface area contributed by atoms with E-state index in [0.29, 0.717) is 13.1 Å². The topological polar surface area (TPSA) is 69.6 Å². The van der Waals surface area contributed by atoms with Crippen LogP contribution in [-0.4, -0.2) is 75.2 Å². The Balaban J connectivity index is 1.56. The van der Waals surface area contributed by atoms with Gasteiger partial charge in [0.1, 0.15) is 6.04 Å². The lowest BCUT2D eigenvalue weighted by Gasteiger charge is -2.29. The molecular weight excluding hydrogens is 318 g/mol. The van der Waals surface area contributed by atoms with Gasteiger partial charge in [-0.25, -0.2) is 0 Å². The first-order valence-electron chi connectivity index (χ1n) is 9.10. The highest BCUT2D eigenvalue weighted by Gasteiger charge is 2.35. The maximum absolute atomic E-state index is 12.9. The summed E-state index contributed by atoms with van der Waals surface area (Å²) < 4.78 is 0. The maximum atomic E-state index is 12.9. The normalized spacial score (nSPS) is 22.1. The van der Waals surface area contributed by atoms with E-state index in [1.54, 1.807) is 18.0 Å². The summed E-state index contributed by atoms with van der Waals surface area (Å²) in [4.78, 5) is 39.3. The van der Waals surface area contributed by atoms with Gasteiger partial charge in [0.15, 0.2) is 0 Å². The SMILES string of the molecule is CC(=O)N1CCCC1C(=O)N1CCCN(Cc2cnc(C)cn2)CC1. The molecule has 0 radical (unpaired) electrons.